The monoisotopic (exact) mass is 520 g/mol. The lowest BCUT2D eigenvalue weighted by atomic mass is 10.0. The van der Waals surface area contributed by atoms with E-state index < -0.39 is 5.97 Å². The summed E-state index contributed by atoms with van der Waals surface area (Å²) >= 11 is 0. The van der Waals surface area contributed by atoms with Gasteiger partial charge in [-0.3, -0.25) is 9.59 Å². The number of carboxylic acid groups (broad SMARTS) is 1. The maximum Gasteiger partial charge on any atom is 0.306 e. The van der Waals surface area contributed by atoms with Crippen LogP contribution < -0.4 is 0 Å². The Hall–Kier alpha value is -1.58. The van der Waals surface area contributed by atoms with Gasteiger partial charge in [-0.1, -0.05) is 109 Å². The quantitative estimate of drug-likeness (QED) is 0.0633. The fraction of sp³-hybridized carbons (Fsp3) is 0.818. The van der Waals surface area contributed by atoms with E-state index in [4.69, 9.17) is 9.84 Å². The lowest BCUT2D eigenvalue weighted by molar-refractivity contribution is -0.150. The predicted molar refractivity (Wildman–Crippen MR) is 158 cm³/mol. The van der Waals surface area contributed by atoms with Crippen molar-refractivity contribution in [3.05, 3.63) is 24.3 Å². The van der Waals surface area contributed by atoms with E-state index in [0.29, 0.717) is 12.8 Å². The van der Waals surface area contributed by atoms with Gasteiger partial charge in [0, 0.05) is 12.8 Å². The fourth-order valence-electron chi connectivity index (χ4n) is 4.57. The molecule has 0 spiro atoms. The molecule has 0 aliphatic rings. The van der Waals surface area contributed by atoms with Gasteiger partial charge in [-0.25, -0.2) is 0 Å². The molecule has 4 heteroatoms. The molecule has 0 saturated heterocycles. The average Bonchev–Trinajstić information content (AvgIpc) is 2.88. The largest absolute Gasteiger partial charge is 0.481 e. The van der Waals surface area contributed by atoms with Gasteiger partial charge in [0.25, 0.3) is 0 Å². The number of esters is 1. The number of aliphatic carboxylic acids is 1. The van der Waals surface area contributed by atoms with Gasteiger partial charge in [-0.15, -0.1) is 0 Å². The van der Waals surface area contributed by atoms with Gasteiger partial charge in [0.15, 0.2) is 0 Å². The van der Waals surface area contributed by atoms with Gasteiger partial charge < -0.3 is 9.84 Å². The highest BCUT2D eigenvalue weighted by Crippen LogP contribution is 2.17. The molecule has 0 bridgehead atoms. The first-order valence-corrected chi connectivity index (χ1v) is 15.8. The van der Waals surface area contributed by atoms with E-state index in [1.165, 1.54) is 83.5 Å². The van der Waals surface area contributed by atoms with Crippen molar-refractivity contribution < 1.29 is 19.4 Å². The number of carbonyl (C=O) groups is 2. The van der Waals surface area contributed by atoms with Crippen molar-refractivity contribution in [1.29, 1.82) is 0 Å². The highest BCUT2D eigenvalue weighted by molar-refractivity contribution is 5.69. The number of ether oxygens (including phenoxy) is 1. The Morgan fingerprint density at radius 1 is 0.595 bits per heavy atom. The molecule has 0 fully saturated rings. The lowest BCUT2D eigenvalue weighted by Crippen LogP contribution is -2.18. The Kier molecular flexibility index (Phi) is 27.7. The normalized spacial score (nSPS) is 12.5. The summed E-state index contributed by atoms with van der Waals surface area (Å²) in [6.45, 7) is 4.48. The molecule has 1 unspecified atom stereocenters. The number of carbonyl (C=O) groups excluding carboxylic acids is 1. The maximum atomic E-state index is 12.4. The average molecular weight is 521 g/mol. The molecule has 0 radical (unpaired) electrons. The molecule has 0 saturated carbocycles. The Balaban J connectivity index is 3.90. The van der Waals surface area contributed by atoms with Gasteiger partial charge in [0.05, 0.1) is 0 Å². The van der Waals surface area contributed by atoms with E-state index in [9.17, 15) is 9.59 Å². The molecule has 0 rings (SSSR count). The highest BCUT2D eigenvalue weighted by Gasteiger charge is 2.14. The van der Waals surface area contributed by atoms with Crippen LogP contribution in [0.25, 0.3) is 0 Å². The lowest BCUT2D eigenvalue weighted by Gasteiger charge is -2.18. The van der Waals surface area contributed by atoms with E-state index in [2.05, 4.69) is 38.2 Å². The van der Waals surface area contributed by atoms with Gasteiger partial charge in [-0.05, 0) is 70.6 Å². The molecule has 0 aromatic heterocycles. The summed E-state index contributed by atoms with van der Waals surface area (Å²) in [6.07, 6.45) is 34.7. The fourth-order valence-corrected chi connectivity index (χ4v) is 4.57. The number of hydrogen-bond donors (Lipinski definition) is 1. The van der Waals surface area contributed by atoms with Crippen molar-refractivity contribution in [3.63, 3.8) is 0 Å². The number of carboxylic acids is 1. The summed E-state index contributed by atoms with van der Waals surface area (Å²) in [5.41, 5.74) is 0. The van der Waals surface area contributed by atoms with Crippen molar-refractivity contribution >= 4 is 11.9 Å². The summed E-state index contributed by atoms with van der Waals surface area (Å²) in [5, 5.41) is 8.86. The summed E-state index contributed by atoms with van der Waals surface area (Å²) in [5.74, 6) is -0.821. The zero-order valence-electron chi connectivity index (χ0n) is 24.5. The summed E-state index contributed by atoms with van der Waals surface area (Å²) in [4.78, 5) is 23.2. The van der Waals surface area contributed by atoms with Gasteiger partial charge in [-0.2, -0.15) is 0 Å². The van der Waals surface area contributed by atoms with Crippen LogP contribution in [0.1, 0.15) is 168 Å². The summed E-state index contributed by atoms with van der Waals surface area (Å²) in [6, 6.07) is 0. The maximum absolute atomic E-state index is 12.4. The van der Waals surface area contributed by atoms with Crippen molar-refractivity contribution in [1.82, 2.24) is 0 Å². The summed E-state index contributed by atoms with van der Waals surface area (Å²) < 4.78 is 5.82. The number of allylic oxidation sites excluding steroid dienone is 4. The minimum atomic E-state index is -0.748. The van der Waals surface area contributed by atoms with Crippen LogP contribution in [0.15, 0.2) is 24.3 Å². The smallest absolute Gasteiger partial charge is 0.306 e. The molecule has 0 aromatic carbocycles. The third-order valence-electron chi connectivity index (χ3n) is 6.93. The molecule has 1 N–H and O–H groups in total. The van der Waals surface area contributed by atoms with Crippen molar-refractivity contribution in [2.45, 2.75) is 174 Å². The van der Waals surface area contributed by atoms with Crippen LogP contribution in [0.5, 0.6) is 0 Å². The second-order valence-electron chi connectivity index (χ2n) is 10.6. The van der Waals surface area contributed by atoms with E-state index in [-0.39, 0.29) is 18.5 Å². The van der Waals surface area contributed by atoms with Crippen molar-refractivity contribution in [2.75, 3.05) is 0 Å². The number of hydrogen-bond acceptors (Lipinski definition) is 3. The van der Waals surface area contributed by atoms with Crippen molar-refractivity contribution in [3.8, 4) is 0 Å². The molecule has 0 aliphatic carbocycles. The minimum Gasteiger partial charge on any atom is -0.481 e. The molecule has 0 heterocycles. The Morgan fingerprint density at radius 2 is 1.05 bits per heavy atom. The Bertz CT molecular complexity index is 567. The van der Waals surface area contributed by atoms with Gasteiger partial charge in [0.2, 0.25) is 0 Å². The third kappa shape index (κ3) is 28.8. The van der Waals surface area contributed by atoms with Crippen LogP contribution in [-0.2, 0) is 14.3 Å². The zero-order valence-corrected chi connectivity index (χ0v) is 24.5. The Morgan fingerprint density at radius 3 is 1.68 bits per heavy atom. The molecule has 216 valence electrons. The molecule has 1 atom stereocenters. The number of unbranched alkanes of at least 4 members (excludes halogenated alkanes) is 15. The molecular weight excluding hydrogens is 460 g/mol. The van der Waals surface area contributed by atoms with Crippen LogP contribution in [0.2, 0.25) is 0 Å². The van der Waals surface area contributed by atoms with E-state index in [0.717, 1.165) is 51.4 Å². The van der Waals surface area contributed by atoms with Crippen LogP contribution >= 0.6 is 0 Å². The molecule has 37 heavy (non-hydrogen) atoms. The van der Waals surface area contributed by atoms with Crippen LogP contribution in [-0.4, -0.2) is 23.1 Å². The molecule has 0 amide bonds. The third-order valence-corrected chi connectivity index (χ3v) is 6.93. The molecule has 0 aliphatic heterocycles. The van der Waals surface area contributed by atoms with Crippen LogP contribution in [0, 0.1) is 0 Å². The van der Waals surface area contributed by atoms with Gasteiger partial charge in [0.1, 0.15) is 6.10 Å². The van der Waals surface area contributed by atoms with Crippen LogP contribution in [0.4, 0.5) is 0 Å². The first kappa shape index (κ1) is 35.4. The first-order chi connectivity index (χ1) is 18.1. The second-order valence-corrected chi connectivity index (χ2v) is 10.6. The highest BCUT2D eigenvalue weighted by atomic mass is 16.5. The summed E-state index contributed by atoms with van der Waals surface area (Å²) in [7, 11) is 0. The van der Waals surface area contributed by atoms with Gasteiger partial charge >= 0.3 is 11.9 Å². The molecule has 0 aromatic rings. The first-order valence-electron chi connectivity index (χ1n) is 15.8. The second kappa shape index (κ2) is 29.0. The van der Waals surface area contributed by atoms with E-state index in [1.807, 2.05) is 0 Å². The van der Waals surface area contributed by atoms with E-state index in [1.54, 1.807) is 0 Å². The standard InChI is InChI=1S/C33H60O4/c1-3-5-7-9-11-12-13-14-15-16-17-18-20-22-24-30-33(36)37-31(28-25-26-29-32(34)35)27-23-21-19-10-8-6-4-2/h11-12,14-15,31H,3-10,13,16-30H2,1-2H3,(H,34,35)/b12-11-,15-14-. The Labute approximate surface area is 229 Å². The minimum absolute atomic E-state index is 0.0464. The van der Waals surface area contributed by atoms with Crippen LogP contribution in [0.3, 0.4) is 0 Å². The molecular formula is C33H60O4. The topological polar surface area (TPSA) is 63.6 Å². The van der Waals surface area contributed by atoms with E-state index >= 15 is 0 Å². The van der Waals surface area contributed by atoms with Crippen molar-refractivity contribution in [2.24, 2.45) is 0 Å². The SMILES string of the molecule is CCCCC/C=C\C/C=C\CCCCCCCC(=O)OC(CCCCCCCCC)CCCCC(=O)O. The zero-order chi connectivity index (χ0) is 27.2. The number of rotatable bonds is 28. The molecule has 4 nitrogen and oxygen atoms in total. The predicted octanol–water partition coefficient (Wildman–Crippen LogP) is 10.5.